The molecule has 0 saturated carbocycles. The summed E-state index contributed by atoms with van der Waals surface area (Å²) < 4.78 is 11.4. The second-order valence-electron chi connectivity index (χ2n) is 11.6. The Morgan fingerprint density at radius 3 is 2.03 bits per heavy atom. The molecule has 8 heteroatoms. The molecule has 3 rings (SSSR count). The monoisotopic (exact) mass is 472 g/mol. The molecular formula is C26H36N2O6. The number of carboxylic acid groups (broad SMARTS) is 1. The number of anilines is 1. The Balaban J connectivity index is 2.33. The van der Waals surface area contributed by atoms with Crippen molar-refractivity contribution in [2.24, 2.45) is 5.41 Å². The fraction of sp³-hybridized carbons (Fsp3) is 0.577. The Hall–Kier alpha value is -3.03. The zero-order valence-corrected chi connectivity index (χ0v) is 21.3. The molecular weight excluding hydrogens is 436 g/mol. The molecule has 0 radical (unpaired) electrons. The third kappa shape index (κ3) is 4.03. The van der Waals surface area contributed by atoms with Gasteiger partial charge in [-0.1, -0.05) is 38.1 Å². The van der Waals surface area contributed by atoms with Crippen LogP contribution in [-0.2, 0) is 19.7 Å². The molecule has 8 nitrogen and oxygen atoms in total. The number of ether oxygens (including phenoxy) is 2. The van der Waals surface area contributed by atoms with Crippen molar-refractivity contribution in [3.05, 3.63) is 42.5 Å². The summed E-state index contributed by atoms with van der Waals surface area (Å²) in [6.07, 6.45) is -0.600. The lowest BCUT2D eigenvalue weighted by atomic mass is 9.60. The van der Waals surface area contributed by atoms with Crippen molar-refractivity contribution in [3.8, 4) is 0 Å². The van der Waals surface area contributed by atoms with Crippen LogP contribution in [0.2, 0.25) is 0 Å². The van der Waals surface area contributed by atoms with Gasteiger partial charge in [0.1, 0.15) is 23.4 Å². The summed E-state index contributed by atoms with van der Waals surface area (Å²) in [5.41, 5.74) is -1.96. The van der Waals surface area contributed by atoms with Gasteiger partial charge in [-0.2, -0.15) is 0 Å². The summed E-state index contributed by atoms with van der Waals surface area (Å²) in [4.78, 5) is 42.2. The van der Waals surface area contributed by atoms with E-state index in [2.05, 4.69) is 6.58 Å². The van der Waals surface area contributed by atoms with E-state index >= 15 is 0 Å². The number of fused-ring (bicyclic) bond motifs is 3. The van der Waals surface area contributed by atoms with E-state index in [4.69, 9.17) is 9.47 Å². The number of likely N-dealkylation sites (tertiary alicyclic amines) is 1. The Bertz CT molecular complexity index is 1020. The number of nitrogens with zero attached hydrogens (tertiary/aromatic N) is 2. The highest BCUT2D eigenvalue weighted by Gasteiger charge is 2.70. The van der Waals surface area contributed by atoms with Gasteiger partial charge in [0.05, 0.1) is 5.69 Å². The molecule has 1 unspecified atom stereocenters. The van der Waals surface area contributed by atoms with Gasteiger partial charge in [0.15, 0.2) is 0 Å². The van der Waals surface area contributed by atoms with Gasteiger partial charge < -0.3 is 14.6 Å². The summed E-state index contributed by atoms with van der Waals surface area (Å²) in [5, 5.41) is 10.2. The van der Waals surface area contributed by atoms with Crippen LogP contribution in [0.5, 0.6) is 0 Å². The van der Waals surface area contributed by atoms with Crippen molar-refractivity contribution < 1.29 is 29.0 Å². The first kappa shape index (κ1) is 25.6. The van der Waals surface area contributed by atoms with Gasteiger partial charge in [0.25, 0.3) is 0 Å². The van der Waals surface area contributed by atoms with Gasteiger partial charge in [0.2, 0.25) is 0 Å². The molecule has 34 heavy (non-hydrogen) atoms. The Labute approximate surface area is 201 Å². The topological polar surface area (TPSA) is 96.4 Å². The molecule has 2 amide bonds. The molecule has 186 valence electrons. The van der Waals surface area contributed by atoms with Crippen LogP contribution in [0.4, 0.5) is 15.3 Å². The standard InChI is InChI=1S/C26H36N2O6/c1-10-25(8,9)26-15-18(19(29)30)28(22(32)34-24(5,6)7)20(26)27(21(31)33-23(2,3)4)17-14-12-11-13-16(17)26/h10-14,18,20H,1,15H2,2-9H3,(H,29,30)/t18-,20?,26+/m0/s1. The fourth-order valence-electron chi connectivity index (χ4n) is 5.09. The van der Waals surface area contributed by atoms with E-state index in [0.29, 0.717) is 5.69 Å². The molecule has 0 aromatic heterocycles. The van der Waals surface area contributed by atoms with Crippen molar-refractivity contribution in [2.75, 3.05) is 4.90 Å². The first-order valence-electron chi connectivity index (χ1n) is 11.5. The normalized spacial score (nSPS) is 24.4. The second-order valence-corrected chi connectivity index (χ2v) is 11.6. The minimum Gasteiger partial charge on any atom is -0.480 e. The van der Waals surface area contributed by atoms with Gasteiger partial charge in [-0.25, -0.2) is 14.4 Å². The Kier molecular flexibility index (Phi) is 6.04. The predicted octanol–water partition coefficient (Wildman–Crippen LogP) is 5.31. The SMILES string of the molecule is C=CC(C)(C)[C@@]12C[C@@H](C(=O)O)N(C(=O)OC(C)(C)C)C1N(C(=O)OC(C)(C)C)c1ccccc12. The van der Waals surface area contributed by atoms with E-state index in [1.54, 1.807) is 59.8 Å². The maximum atomic E-state index is 13.6. The van der Waals surface area contributed by atoms with Crippen molar-refractivity contribution in [3.63, 3.8) is 0 Å². The van der Waals surface area contributed by atoms with Gasteiger partial charge in [-0.3, -0.25) is 9.80 Å². The minimum absolute atomic E-state index is 0.0849. The number of hydrogen-bond donors (Lipinski definition) is 1. The quantitative estimate of drug-likeness (QED) is 0.599. The third-order valence-corrected chi connectivity index (χ3v) is 6.58. The van der Waals surface area contributed by atoms with Gasteiger partial charge in [-0.05, 0) is 65.0 Å². The maximum absolute atomic E-state index is 13.6. The summed E-state index contributed by atoms with van der Waals surface area (Å²) in [6.45, 7) is 18.3. The zero-order chi connectivity index (χ0) is 25.9. The molecule has 1 N–H and O–H groups in total. The number of rotatable bonds is 3. The lowest BCUT2D eigenvalue weighted by Crippen LogP contribution is -2.60. The van der Waals surface area contributed by atoms with Crippen molar-refractivity contribution >= 4 is 23.8 Å². The number of amides is 2. The predicted molar refractivity (Wildman–Crippen MR) is 129 cm³/mol. The van der Waals surface area contributed by atoms with Gasteiger partial charge in [0, 0.05) is 5.41 Å². The number of allylic oxidation sites excluding steroid dienone is 1. The molecule has 0 bridgehead atoms. The first-order valence-corrected chi connectivity index (χ1v) is 11.5. The van der Waals surface area contributed by atoms with Gasteiger partial charge in [-0.15, -0.1) is 6.58 Å². The lowest BCUT2D eigenvalue weighted by molar-refractivity contribution is -0.142. The number of hydrogen-bond acceptors (Lipinski definition) is 5. The van der Waals surface area contributed by atoms with Crippen LogP contribution < -0.4 is 4.90 Å². The number of para-hydroxylation sites is 1. The average Bonchev–Trinajstić information content (AvgIpc) is 3.17. The van der Waals surface area contributed by atoms with Crippen LogP contribution in [0.25, 0.3) is 0 Å². The number of benzene rings is 1. The number of carboxylic acids is 1. The van der Waals surface area contributed by atoms with Crippen molar-refractivity contribution in [1.82, 2.24) is 4.90 Å². The lowest BCUT2D eigenvalue weighted by Gasteiger charge is -2.45. The second kappa shape index (κ2) is 8.03. The molecule has 1 aromatic rings. The van der Waals surface area contributed by atoms with Crippen LogP contribution >= 0.6 is 0 Å². The molecule has 2 aliphatic heterocycles. The van der Waals surface area contributed by atoms with E-state index in [1.165, 1.54) is 9.80 Å². The molecule has 1 fully saturated rings. The average molecular weight is 473 g/mol. The number of carbonyl (C=O) groups excluding carboxylic acids is 2. The highest BCUT2D eigenvalue weighted by molar-refractivity contribution is 5.95. The highest BCUT2D eigenvalue weighted by atomic mass is 16.6. The van der Waals surface area contributed by atoms with Crippen LogP contribution in [0.1, 0.15) is 67.4 Å². The van der Waals surface area contributed by atoms with E-state index in [9.17, 15) is 19.5 Å². The summed E-state index contributed by atoms with van der Waals surface area (Å²) in [5.74, 6) is -1.17. The maximum Gasteiger partial charge on any atom is 0.416 e. The zero-order valence-electron chi connectivity index (χ0n) is 21.3. The molecule has 2 aliphatic rings. The van der Waals surface area contributed by atoms with Crippen LogP contribution in [0, 0.1) is 5.41 Å². The van der Waals surface area contributed by atoms with Crippen molar-refractivity contribution in [2.45, 2.75) is 90.6 Å². The van der Waals surface area contributed by atoms with Crippen LogP contribution in [0.3, 0.4) is 0 Å². The number of aliphatic carboxylic acids is 1. The molecule has 0 spiro atoms. The van der Waals surface area contributed by atoms with Gasteiger partial charge >= 0.3 is 18.2 Å². The molecule has 0 aliphatic carbocycles. The van der Waals surface area contributed by atoms with E-state index in [1.807, 2.05) is 26.0 Å². The smallest absolute Gasteiger partial charge is 0.416 e. The van der Waals surface area contributed by atoms with Crippen molar-refractivity contribution in [1.29, 1.82) is 0 Å². The largest absolute Gasteiger partial charge is 0.480 e. The van der Waals surface area contributed by atoms with E-state index in [-0.39, 0.29) is 6.42 Å². The summed E-state index contributed by atoms with van der Waals surface area (Å²) >= 11 is 0. The minimum atomic E-state index is -1.21. The van der Waals surface area contributed by atoms with Crippen LogP contribution in [-0.4, -0.2) is 51.6 Å². The fourth-order valence-corrected chi connectivity index (χ4v) is 5.09. The molecule has 1 aromatic carbocycles. The third-order valence-electron chi connectivity index (χ3n) is 6.58. The molecule has 2 heterocycles. The summed E-state index contributed by atoms with van der Waals surface area (Å²) in [6, 6.07) is 6.12. The first-order chi connectivity index (χ1) is 15.5. The van der Waals surface area contributed by atoms with E-state index in [0.717, 1.165) is 5.56 Å². The van der Waals surface area contributed by atoms with E-state index < -0.39 is 52.4 Å². The Morgan fingerprint density at radius 2 is 1.53 bits per heavy atom. The summed E-state index contributed by atoms with van der Waals surface area (Å²) in [7, 11) is 0. The van der Waals surface area contributed by atoms with Crippen LogP contribution in [0.15, 0.2) is 36.9 Å². The molecule has 1 saturated heterocycles. The molecule has 3 atom stereocenters. The number of carbonyl (C=O) groups is 3. The Morgan fingerprint density at radius 1 is 1.00 bits per heavy atom. The highest BCUT2D eigenvalue weighted by Crippen LogP contribution is 2.62.